The van der Waals surface area contributed by atoms with Gasteiger partial charge in [0.2, 0.25) is 5.89 Å². The van der Waals surface area contributed by atoms with E-state index in [9.17, 15) is 5.21 Å². The smallest absolute Gasteiger partial charge is 0.244 e. The zero-order valence-electron chi connectivity index (χ0n) is 16.2. The minimum atomic E-state index is -0.323. The summed E-state index contributed by atoms with van der Waals surface area (Å²) in [4.78, 5) is 20.0. The molecule has 150 valence electrons. The van der Waals surface area contributed by atoms with E-state index in [4.69, 9.17) is 9.40 Å². The van der Waals surface area contributed by atoms with Crippen LogP contribution in [0.3, 0.4) is 0 Å². The highest BCUT2D eigenvalue weighted by Crippen LogP contribution is 2.36. The molecule has 0 radical (unpaired) electrons. The van der Waals surface area contributed by atoms with Gasteiger partial charge in [-0.05, 0) is 31.2 Å². The maximum Gasteiger partial charge on any atom is 0.244 e. The van der Waals surface area contributed by atoms with Crippen LogP contribution >= 0.6 is 11.8 Å². The van der Waals surface area contributed by atoms with Crippen molar-refractivity contribution in [3.8, 4) is 11.6 Å². The Morgan fingerprint density at radius 2 is 2.21 bits per heavy atom. The minimum Gasteiger partial charge on any atom is -0.632 e. The van der Waals surface area contributed by atoms with Crippen molar-refractivity contribution >= 4 is 17.6 Å². The summed E-state index contributed by atoms with van der Waals surface area (Å²) in [5, 5.41) is 14.6. The van der Waals surface area contributed by atoms with Crippen LogP contribution in [-0.2, 0) is 13.1 Å². The summed E-state index contributed by atoms with van der Waals surface area (Å²) in [6, 6.07) is 4.02. The van der Waals surface area contributed by atoms with Crippen LogP contribution in [0.25, 0.3) is 11.6 Å². The van der Waals surface area contributed by atoms with Gasteiger partial charge in [0.1, 0.15) is 30.9 Å². The molecular weight excluding hydrogens is 388 g/mol. The van der Waals surface area contributed by atoms with Crippen molar-refractivity contribution in [2.24, 2.45) is 0 Å². The number of hydroxylamine groups is 3. The van der Waals surface area contributed by atoms with Crippen molar-refractivity contribution in [3.63, 3.8) is 0 Å². The summed E-state index contributed by atoms with van der Waals surface area (Å²) >= 11 is 1.53. The summed E-state index contributed by atoms with van der Waals surface area (Å²) in [7, 11) is 0. The van der Waals surface area contributed by atoms with Gasteiger partial charge in [0, 0.05) is 24.5 Å². The normalized spacial score (nSPS) is 23.5. The Bertz CT molecular complexity index is 997. The summed E-state index contributed by atoms with van der Waals surface area (Å²) in [5.41, 5.74) is 2.51. The molecule has 5 heterocycles. The number of anilines is 1. The Morgan fingerprint density at radius 1 is 1.28 bits per heavy atom. The average molecular weight is 411 g/mol. The first-order valence-corrected chi connectivity index (χ1v) is 10.9. The van der Waals surface area contributed by atoms with Crippen LogP contribution in [0.15, 0.2) is 46.6 Å². The third kappa shape index (κ3) is 3.61. The van der Waals surface area contributed by atoms with E-state index in [1.54, 1.807) is 12.4 Å². The van der Waals surface area contributed by atoms with Crippen molar-refractivity contribution in [1.82, 2.24) is 19.9 Å². The van der Waals surface area contributed by atoms with Gasteiger partial charge in [0.05, 0.1) is 24.3 Å². The predicted octanol–water partition coefficient (Wildman–Crippen LogP) is 3.25. The molecule has 3 aromatic rings. The number of oxazole rings is 1. The molecule has 1 fully saturated rings. The summed E-state index contributed by atoms with van der Waals surface area (Å²) in [6.45, 7) is 2.24. The number of fused-ring (bicyclic) bond motifs is 3. The molecule has 0 aliphatic carbocycles. The van der Waals surface area contributed by atoms with Crippen molar-refractivity contribution in [3.05, 3.63) is 53.3 Å². The van der Waals surface area contributed by atoms with Gasteiger partial charge in [0.15, 0.2) is 5.16 Å². The number of rotatable bonds is 4. The lowest BCUT2D eigenvalue weighted by atomic mass is 10.1. The third-order valence-corrected chi connectivity index (χ3v) is 6.16. The highest BCUT2D eigenvalue weighted by atomic mass is 32.2. The molecule has 5 rings (SSSR count). The van der Waals surface area contributed by atoms with Gasteiger partial charge in [-0.15, -0.1) is 0 Å². The van der Waals surface area contributed by atoms with Gasteiger partial charge in [-0.3, -0.25) is 4.98 Å². The van der Waals surface area contributed by atoms with E-state index in [0.29, 0.717) is 31.2 Å². The molecule has 0 spiro atoms. The molecule has 29 heavy (non-hydrogen) atoms. The van der Waals surface area contributed by atoms with Crippen LogP contribution in [0.2, 0.25) is 0 Å². The van der Waals surface area contributed by atoms with Gasteiger partial charge in [0.25, 0.3) is 0 Å². The monoisotopic (exact) mass is 410 g/mol. The Morgan fingerprint density at radius 3 is 2.97 bits per heavy atom. The molecule has 0 aromatic carbocycles. The molecule has 2 aliphatic rings. The lowest BCUT2D eigenvalue weighted by molar-refractivity contribution is -0.907. The van der Waals surface area contributed by atoms with Crippen molar-refractivity contribution in [1.29, 1.82) is 0 Å². The Labute approximate surface area is 173 Å². The molecule has 1 saturated heterocycles. The van der Waals surface area contributed by atoms with E-state index < -0.39 is 0 Å². The highest BCUT2D eigenvalue weighted by Gasteiger charge is 2.38. The van der Waals surface area contributed by atoms with Crippen LogP contribution in [0.4, 0.5) is 5.82 Å². The Hall–Kier alpha value is -2.49. The first kappa shape index (κ1) is 18.5. The van der Waals surface area contributed by atoms with E-state index in [2.05, 4.69) is 19.9 Å². The van der Waals surface area contributed by atoms with Gasteiger partial charge < -0.3 is 19.2 Å². The van der Waals surface area contributed by atoms with Crippen LogP contribution in [0.1, 0.15) is 24.0 Å². The molecule has 0 amide bonds. The molecule has 0 N–H and O–H groups in total. The lowest BCUT2D eigenvalue weighted by Crippen LogP contribution is -2.47. The first-order chi connectivity index (χ1) is 14.1. The third-order valence-electron chi connectivity index (χ3n) is 5.60. The maximum atomic E-state index is 13.9. The van der Waals surface area contributed by atoms with E-state index in [1.165, 1.54) is 18.0 Å². The van der Waals surface area contributed by atoms with Crippen LogP contribution in [-0.4, -0.2) is 50.0 Å². The number of thioether (sulfide) groups is 1. The van der Waals surface area contributed by atoms with E-state index >= 15 is 0 Å². The van der Waals surface area contributed by atoms with Gasteiger partial charge >= 0.3 is 0 Å². The highest BCUT2D eigenvalue weighted by molar-refractivity contribution is 7.98. The van der Waals surface area contributed by atoms with Crippen molar-refractivity contribution < 1.29 is 9.06 Å². The summed E-state index contributed by atoms with van der Waals surface area (Å²) < 4.78 is 4.97. The molecule has 2 aliphatic heterocycles. The van der Waals surface area contributed by atoms with Crippen molar-refractivity contribution in [2.75, 3.05) is 24.2 Å². The number of hydrogen-bond acceptors (Lipinski definition) is 8. The van der Waals surface area contributed by atoms with Gasteiger partial charge in [-0.25, -0.2) is 15.0 Å². The van der Waals surface area contributed by atoms with E-state index in [-0.39, 0.29) is 10.7 Å². The number of pyridine rings is 1. The van der Waals surface area contributed by atoms with Gasteiger partial charge in [-0.1, -0.05) is 11.8 Å². The lowest BCUT2D eigenvalue weighted by Gasteiger charge is -2.43. The molecule has 3 aromatic heterocycles. The second-order valence-electron chi connectivity index (χ2n) is 7.64. The van der Waals surface area contributed by atoms with Crippen LogP contribution < -0.4 is 4.90 Å². The number of hydrogen-bond donors (Lipinski definition) is 0. The second-order valence-corrected chi connectivity index (χ2v) is 8.41. The first-order valence-electron chi connectivity index (χ1n) is 9.72. The molecule has 8 nitrogen and oxygen atoms in total. The number of nitrogens with zero attached hydrogens (tertiary/aromatic N) is 6. The maximum absolute atomic E-state index is 13.9. The predicted molar refractivity (Wildman–Crippen MR) is 110 cm³/mol. The average Bonchev–Trinajstić information content (AvgIpc) is 3.39. The largest absolute Gasteiger partial charge is 0.632 e. The van der Waals surface area contributed by atoms with Crippen LogP contribution in [0.5, 0.6) is 0 Å². The Balaban J connectivity index is 1.43. The Kier molecular flexibility index (Phi) is 4.73. The summed E-state index contributed by atoms with van der Waals surface area (Å²) in [6.07, 6.45) is 10.8. The quantitative estimate of drug-likeness (QED) is 0.280. The topological polar surface area (TPSA) is 91.0 Å². The fourth-order valence-electron chi connectivity index (χ4n) is 4.35. The minimum absolute atomic E-state index is 0.220. The van der Waals surface area contributed by atoms with E-state index in [0.717, 1.165) is 41.5 Å². The fourth-order valence-corrected chi connectivity index (χ4v) is 4.69. The zero-order chi connectivity index (χ0) is 19.8. The molecular formula is C20H22N6O2S. The summed E-state index contributed by atoms with van der Waals surface area (Å²) in [5.74, 6) is 1.43. The van der Waals surface area contributed by atoms with E-state index in [1.807, 2.05) is 24.6 Å². The standard InChI is InChI=1S/C20H22N6O2S/c1-29-20-23-10-15-12-26(27,13-16-3-2-7-25(16)18(15)24-20)11-14-4-5-17(22-9-14)19-21-6-8-28-19/h4-6,8-10,16H,2-3,7,11-13H2,1H3/t16-,26?/m0/s1. The molecule has 0 saturated carbocycles. The SMILES string of the molecule is CSc1ncc2c(n1)N1CCC[C@H]1C[N+]([O-])(Cc1ccc(-c3ncco3)nc1)C2. The fraction of sp³-hybridized carbons (Fsp3) is 0.400. The van der Waals surface area contributed by atoms with Crippen molar-refractivity contribution in [2.45, 2.75) is 37.1 Å². The second kappa shape index (κ2) is 7.40. The number of quaternary nitrogens is 1. The van der Waals surface area contributed by atoms with Gasteiger partial charge in [-0.2, -0.15) is 0 Å². The zero-order valence-corrected chi connectivity index (χ0v) is 17.0. The molecule has 2 atom stereocenters. The number of aromatic nitrogens is 4. The molecule has 0 bridgehead atoms. The molecule has 1 unspecified atom stereocenters. The molecule has 9 heteroatoms. The van der Waals surface area contributed by atoms with Crippen LogP contribution in [0, 0.1) is 5.21 Å².